The number of carbonyl (C=O) groups excluding carboxylic acids is 1. The molecule has 10 nitrogen and oxygen atoms in total. The molecule has 4 aromatic rings. The number of fused-ring (bicyclic) bond motifs is 1. The number of allylic oxidation sites excluding steroid dienone is 3. The molecule has 1 aromatic heterocycles. The molecule has 0 spiro atoms. The van der Waals surface area contributed by atoms with Crippen LogP contribution < -0.4 is 22.8 Å². The first-order valence-electron chi connectivity index (χ1n) is 14.2. The van der Waals surface area contributed by atoms with Crippen molar-refractivity contribution in [3.8, 4) is 22.5 Å². The predicted octanol–water partition coefficient (Wildman–Crippen LogP) is 4.48. The van der Waals surface area contributed by atoms with Crippen molar-refractivity contribution in [3.05, 3.63) is 108 Å². The number of hydrazine groups is 1. The van der Waals surface area contributed by atoms with Gasteiger partial charge in [0.2, 0.25) is 0 Å². The van der Waals surface area contributed by atoms with E-state index in [1.165, 1.54) is 5.56 Å². The van der Waals surface area contributed by atoms with Gasteiger partial charge in [0.1, 0.15) is 0 Å². The number of primary amides is 1. The first-order chi connectivity index (χ1) is 20.9. The van der Waals surface area contributed by atoms with E-state index in [0.29, 0.717) is 11.4 Å². The Morgan fingerprint density at radius 3 is 2.28 bits per heavy atom. The Balaban J connectivity index is 1.37. The molecule has 220 valence electrons. The van der Waals surface area contributed by atoms with Crippen LogP contribution in [0.4, 0.5) is 4.79 Å². The maximum absolute atomic E-state index is 12.1. The zero-order valence-corrected chi connectivity index (χ0v) is 24.3. The lowest BCUT2D eigenvalue weighted by atomic mass is 10.0. The number of carbonyl (C=O) groups is 1. The lowest BCUT2D eigenvalue weighted by molar-refractivity contribution is 0.138. The number of amidine groups is 1. The first kappa shape index (κ1) is 29.4. The van der Waals surface area contributed by atoms with Crippen LogP contribution >= 0.6 is 0 Å². The summed E-state index contributed by atoms with van der Waals surface area (Å²) in [5.74, 6) is 11.4. The fraction of sp³-hybridized carbons (Fsp3) is 0.212. The summed E-state index contributed by atoms with van der Waals surface area (Å²) in [5.41, 5.74) is 16.0. The molecule has 1 saturated heterocycles. The smallest absolute Gasteiger partial charge is 0.319 e. The highest BCUT2D eigenvalue weighted by Crippen LogP contribution is 2.32. The van der Waals surface area contributed by atoms with Crippen molar-refractivity contribution in [1.29, 1.82) is 0 Å². The maximum Gasteiger partial charge on any atom is 0.319 e. The zero-order chi connectivity index (χ0) is 30.3. The minimum atomic E-state index is -0.418. The van der Waals surface area contributed by atoms with Gasteiger partial charge in [-0.25, -0.2) is 20.6 Å². The number of hydrogen-bond donors (Lipinski definition) is 4. The summed E-state index contributed by atoms with van der Waals surface area (Å²) >= 11 is 0. The molecule has 5 rings (SSSR count). The first-order valence-corrected chi connectivity index (χ1v) is 14.2. The topological polar surface area (TPSA) is 152 Å². The number of piperidine rings is 1. The highest BCUT2D eigenvalue weighted by Gasteiger charge is 2.27. The molecule has 1 aliphatic rings. The molecule has 7 N–H and O–H groups in total. The minimum absolute atomic E-state index is 0.0899. The predicted molar refractivity (Wildman–Crippen MR) is 172 cm³/mol. The molecule has 0 bridgehead atoms. The Hall–Kier alpha value is -5.06. The van der Waals surface area contributed by atoms with Gasteiger partial charge >= 0.3 is 6.03 Å². The average Bonchev–Trinajstić information content (AvgIpc) is 3.03. The Morgan fingerprint density at radius 2 is 1.67 bits per heavy atom. The number of rotatable bonds is 8. The maximum atomic E-state index is 12.1. The minimum Gasteiger partial charge on any atom is -0.351 e. The molecule has 0 radical (unpaired) electrons. The number of nitrogens with zero attached hydrogens (tertiary/aromatic N) is 5. The number of nitrogens with one attached hydrogen (secondary N) is 1. The number of likely N-dealkylation sites (tertiary alicyclic amines) is 1. The van der Waals surface area contributed by atoms with E-state index in [-0.39, 0.29) is 6.04 Å². The van der Waals surface area contributed by atoms with Gasteiger partial charge in [0.25, 0.3) is 0 Å². The van der Waals surface area contributed by atoms with E-state index in [2.05, 4.69) is 46.3 Å². The summed E-state index contributed by atoms with van der Waals surface area (Å²) in [7, 11) is 0. The SMILES string of the molecule is C=C/C=C(\C)N(C(N)=O)C1CCN(Cc2ccc(-c3nc4ccc(/C(=N/N)NN)cc4nc3-c3ccccc3)cc2)CC1. The van der Waals surface area contributed by atoms with Crippen molar-refractivity contribution in [2.24, 2.45) is 22.5 Å². The number of urea groups is 1. The number of benzene rings is 3. The van der Waals surface area contributed by atoms with Gasteiger partial charge in [0.05, 0.1) is 22.4 Å². The number of aromatic nitrogens is 2. The lowest BCUT2D eigenvalue weighted by Gasteiger charge is -2.38. The van der Waals surface area contributed by atoms with Crippen molar-refractivity contribution in [3.63, 3.8) is 0 Å². The second-order valence-corrected chi connectivity index (χ2v) is 10.6. The lowest BCUT2D eigenvalue weighted by Crippen LogP contribution is -2.48. The average molecular weight is 576 g/mol. The second-order valence-electron chi connectivity index (χ2n) is 10.6. The molecule has 3 aromatic carbocycles. The van der Waals surface area contributed by atoms with Crippen LogP contribution in [0.1, 0.15) is 30.9 Å². The Kier molecular flexibility index (Phi) is 9.09. The number of amides is 2. The van der Waals surface area contributed by atoms with Crippen LogP contribution in [0.3, 0.4) is 0 Å². The van der Waals surface area contributed by atoms with Crippen LogP contribution in [0, 0.1) is 0 Å². The van der Waals surface area contributed by atoms with E-state index >= 15 is 0 Å². The standard InChI is InChI=1S/C33H37N9O/c1-3-7-22(2)42(33(34)43)27-16-18-41(19-17-27)21-23-10-12-25(13-11-23)31-30(24-8-5-4-6-9-24)38-29-20-26(32(39-35)40-36)14-15-28(29)37-31/h3-15,20,27H,1,16-19,21,35-36H2,2H3,(H2,34,43)(H,39,40)/b22-7+. The quantitative estimate of drug-likeness (QED) is 0.0795. The number of hydrogen-bond acceptors (Lipinski definition) is 7. The fourth-order valence-corrected chi connectivity index (χ4v) is 5.65. The molecule has 2 amide bonds. The Labute approximate surface area is 251 Å². The second kappa shape index (κ2) is 13.3. The normalized spacial score (nSPS) is 14.9. The summed E-state index contributed by atoms with van der Waals surface area (Å²) in [4.78, 5) is 26.3. The summed E-state index contributed by atoms with van der Waals surface area (Å²) in [6.07, 6.45) is 5.22. The van der Waals surface area contributed by atoms with Gasteiger partial charge in [-0.15, -0.1) is 0 Å². The van der Waals surface area contributed by atoms with Gasteiger partial charge in [0, 0.05) is 48.1 Å². The monoisotopic (exact) mass is 575 g/mol. The van der Waals surface area contributed by atoms with Crippen LogP contribution in [0.15, 0.2) is 102 Å². The Bertz CT molecular complexity index is 1660. The van der Waals surface area contributed by atoms with Crippen LogP contribution in [-0.4, -0.2) is 50.8 Å². The van der Waals surface area contributed by atoms with E-state index in [0.717, 1.165) is 71.8 Å². The highest BCUT2D eigenvalue weighted by atomic mass is 16.2. The molecular weight excluding hydrogens is 538 g/mol. The molecule has 1 aliphatic heterocycles. The largest absolute Gasteiger partial charge is 0.351 e. The van der Waals surface area contributed by atoms with E-state index < -0.39 is 6.03 Å². The van der Waals surface area contributed by atoms with Gasteiger partial charge < -0.3 is 17.0 Å². The van der Waals surface area contributed by atoms with Crippen LogP contribution in [0.25, 0.3) is 33.5 Å². The number of hydrazone groups is 1. The summed E-state index contributed by atoms with van der Waals surface area (Å²) < 4.78 is 0. The van der Waals surface area contributed by atoms with Crippen molar-refractivity contribution in [2.75, 3.05) is 13.1 Å². The molecular formula is C33H37N9O. The summed E-state index contributed by atoms with van der Waals surface area (Å²) in [6.45, 7) is 8.21. The zero-order valence-electron chi connectivity index (χ0n) is 24.3. The van der Waals surface area contributed by atoms with Gasteiger partial charge in [-0.2, -0.15) is 5.10 Å². The number of nitrogens with two attached hydrogens (primary N) is 3. The van der Waals surface area contributed by atoms with E-state index in [4.69, 9.17) is 27.4 Å². The highest BCUT2D eigenvalue weighted by molar-refractivity contribution is 6.01. The molecule has 0 saturated carbocycles. The summed E-state index contributed by atoms with van der Waals surface area (Å²) in [6, 6.07) is 23.8. The van der Waals surface area contributed by atoms with Gasteiger partial charge in [0.15, 0.2) is 5.84 Å². The van der Waals surface area contributed by atoms with E-state index in [1.54, 1.807) is 11.0 Å². The van der Waals surface area contributed by atoms with E-state index in [9.17, 15) is 4.79 Å². The van der Waals surface area contributed by atoms with Crippen LogP contribution in [-0.2, 0) is 6.54 Å². The Morgan fingerprint density at radius 1 is 1.02 bits per heavy atom. The third-order valence-electron chi connectivity index (χ3n) is 7.78. The van der Waals surface area contributed by atoms with Gasteiger partial charge in [-0.3, -0.25) is 9.80 Å². The molecule has 43 heavy (non-hydrogen) atoms. The van der Waals surface area contributed by atoms with Crippen LogP contribution in [0.2, 0.25) is 0 Å². The molecule has 1 fully saturated rings. The van der Waals surface area contributed by atoms with Gasteiger partial charge in [-0.05, 0) is 49.6 Å². The molecule has 10 heteroatoms. The fourth-order valence-electron chi connectivity index (χ4n) is 5.65. The molecule has 0 unspecified atom stereocenters. The molecule has 2 heterocycles. The van der Waals surface area contributed by atoms with Crippen LogP contribution in [0.5, 0.6) is 0 Å². The molecule has 0 atom stereocenters. The molecule has 0 aliphatic carbocycles. The van der Waals surface area contributed by atoms with E-state index in [1.807, 2.05) is 61.5 Å². The summed E-state index contributed by atoms with van der Waals surface area (Å²) in [5, 5.41) is 3.71. The third-order valence-corrected chi connectivity index (χ3v) is 7.78. The van der Waals surface area contributed by atoms with Crippen molar-refractivity contribution in [1.82, 2.24) is 25.2 Å². The van der Waals surface area contributed by atoms with Gasteiger partial charge in [-0.1, -0.05) is 67.3 Å². The third kappa shape index (κ3) is 6.56. The van der Waals surface area contributed by atoms with Crippen molar-refractivity contribution < 1.29 is 4.79 Å². The van der Waals surface area contributed by atoms with Crippen molar-refractivity contribution >= 4 is 22.9 Å². The van der Waals surface area contributed by atoms with Crippen molar-refractivity contribution in [2.45, 2.75) is 32.4 Å².